The molecule has 0 amide bonds. The molecule has 126 valence electrons. The van der Waals surface area contributed by atoms with E-state index in [9.17, 15) is 0 Å². The van der Waals surface area contributed by atoms with Crippen LogP contribution in [0.25, 0.3) is 0 Å². The van der Waals surface area contributed by atoms with Gasteiger partial charge in [-0.1, -0.05) is 60.6 Å². The zero-order valence-electron chi connectivity index (χ0n) is 15.7. The second-order valence-corrected chi connectivity index (χ2v) is 8.74. The van der Waals surface area contributed by atoms with Gasteiger partial charge in [-0.25, -0.2) is 0 Å². The summed E-state index contributed by atoms with van der Waals surface area (Å²) in [6, 6.07) is 4.71. The minimum Gasteiger partial charge on any atom is -0.493 e. The third kappa shape index (κ3) is 4.68. The maximum Gasteiger partial charge on any atom is 0.126 e. The van der Waals surface area contributed by atoms with Crippen LogP contribution in [0.5, 0.6) is 5.75 Å². The topological polar surface area (TPSA) is 9.23 Å². The molecular formula is C20H34OS. The van der Waals surface area contributed by atoms with Crippen molar-refractivity contribution in [2.75, 3.05) is 12.4 Å². The summed E-state index contributed by atoms with van der Waals surface area (Å²) in [4.78, 5) is 0. The Morgan fingerprint density at radius 2 is 1.45 bits per heavy atom. The first-order valence-corrected chi connectivity index (χ1v) is 9.08. The molecule has 1 atom stereocenters. The quantitative estimate of drug-likeness (QED) is 0.644. The van der Waals surface area contributed by atoms with E-state index >= 15 is 0 Å². The summed E-state index contributed by atoms with van der Waals surface area (Å²) >= 11 is 4.41. The molecule has 0 fully saturated rings. The average molecular weight is 323 g/mol. The van der Waals surface area contributed by atoms with Crippen LogP contribution in [0.1, 0.15) is 84.4 Å². The molecule has 1 unspecified atom stereocenters. The highest BCUT2D eigenvalue weighted by Crippen LogP contribution is 2.42. The fourth-order valence-electron chi connectivity index (χ4n) is 2.71. The lowest BCUT2D eigenvalue weighted by atomic mass is 9.77. The first kappa shape index (κ1) is 19.4. The fourth-order valence-corrected chi connectivity index (χ4v) is 3.10. The van der Waals surface area contributed by atoms with Crippen LogP contribution >= 0.6 is 12.6 Å². The van der Waals surface area contributed by atoms with E-state index in [1.54, 1.807) is 0 Å². The van der Waals surface area contributed by atoms with Gasteiger partial charge in [0.05, 0.1) is 6.61 Å². The highest BCUT2D eigenvalue weighted by molar-refractivity contribution is 7.80. The molecule has 0 heterocycles. The lowest BCUT2D eigenvalue weighted by Gasteiger charge is -2.31. The molecular weight excluding hydrogens is 288 g/mol. The Labute approximate surface area is 143 Å². The molecule has 0 aliphatic carbocycles. The Morgan fingerprint density at radius 3 is 1.77 bits per heavy atom. The summed E-state index contributed by atoms with van der Waals surface area (Å²) in [5.74, 6) is 2.53. The Bertz CT molecular complexity index is 456. The molecule has 0 aliphatic rings. The summed E-state index contributed by atoms with van der Waals surface area (Å²) in [6.07, 6.45) is 1.10. The molecule has 1 aromatic rings. The van der Waals surface area contributed by atoms with E-state index < -0.39 is 0 Å². The smallest absolute Gasteiger partial charge is 0.126 e. The predicted octanol–water partition coefficient (Wildman–Crippen LogP) is 6.10. The molecule has 22 heavy (non-hydrogen) atoms. The summed E-state index contributed by atoms with van der Waals surface area (Å²) in [6.45, 7) is 18.7. The zero-order valence-corrected chi connectivity index (χ0v) is 16.6. The number of rotatable bonds is 5. The fraction of sp³-hybridized carbons (Fsp3) is 0.700. The third-order valence-electron chi connectivity index (χ3n) is 4.15. The van der Waals surface area contributed by atoms with Crippen LogP contribution < -0.4 is 4.74 Å². The Morgan fingerprint density at radius 1 is 1.00 bits per heavy atom. The van der Waals surface area contributed by atoms with Crippen molar-refractivity contribution in [3.8, 4) is 5.75 Å². The Kier molecular flexibility index (Phi) is 6.44. The number of benzene rings is 1. The minimum absolute atomic E-state index is 0.0706. The van der Waals surface area contributed by atoms with E-state index in [1.807, 2.05) is 0 Å². The number of ether oxygens (including phenoxy) is 1. The standard InChI is InChI=1S/C20H34OS/c1-9-21-18-16(19(3,4)5)12-15(14(2)10-11-22)13-17(18)20(6,7)8/h12-14,22H,9-11H2,1-8H3. The van der Waals surface area contributed by atoms with Gasteiger partial charge in [0.15, 0.2) is 0 Å². The van der Waals surface area contributed by atoms with Gasteiger partial charge in [-0.05, 0) is 41.4 Å². The molecule has 0 saturated heterocycles. The average Bonchev–Trinajstić information content (AvgIpc) is 2.36. The van der Waals surface area contributed by atoms with Gasteiger partial charge in [-0.15, -0.1) is 0 Å². The molecule has 1 nitrogen and oxygen atoms in total. The van der Waals surface area contributed by atoms with Crippen molar-refractivity contribution in [3.05, 3.63) is 28.8 Å². The van der Waals surface area contributed by atoms with Gasteiger partial charge in [0, 0.05) is 11.1 Å². The maximum atomic E-state index is 6.10. The van der Waals surface area contributed by atoms with E-state index in [1.165, 1.54) is 16.7 Å². The molecule has 0 bridgehead atoms. The molecule has 2 heteroatoms. The monoisotopic (exact) mass is 322 g/mol. The van der Waals surface area contributed by atoms with Crippen molar-refractivity contribution in [2.45, 2.75) is 78.6 Å². The van der Waals surface area contributed by atoms with Gasteiger partial charge >= 0.3 is 0 Å². The van der Waals surface area contributed by atoms with Crippen LogP contribution in [0.15, 0.2) is 12.1 Å². The van der Waals surface area contributed by atoms with Crippen LogP contribution in [0.2, 0.25) is 0 Å². The largest absolute Gasteiger partial charge is 0.493 e. The van der Waals surface area contributed by atoms with Crippen molar-refractivity contribution in [1.29, 1.82) is 0 Å². The predicted molar refractivity (Wildman–Crippen MR) is 102 cm³/mol. The molecule has 0 radical (unpaired) electrons. The van der Waals surface area contributed by atoms with Crippen molar-refractivity contribution >= 4 is 12.6 Å². The van der Waals surface area contributed by atoms with Crippen molar-refractivity contribution in [2.24, 2.45) is 0 Å². The van der Waals surface area contributed by atoms with Gasteiger partial charge in [0.25, 0.3) is 0 Å². The van der Waals surface area contributed by atoms with Gasteiger partial charge in [-0.3, -0.25) is 0 Å². The second-order valence-electron chi connectivity index (χ2n) is 8.29. The number of hydrogen-bond donors (Lipinski definition) is 1. The molecule has 0 aliphatic heterocycles. The summed E-state index contributed by atoms with van der Waals surface area (Å²) in [5, 5.41) is 0. The van der Waals surface area contributed by atoms with Gasteiger partial charge in [0.1, 0.15) is 5.75 Å². The van der Waals surface area contributed by atoms with Crippen LogP contribution in [0, 0.1) is 0 Å². The van der Waals surface area contributed by atoms with E-state index in [0.717, 1.165) is 17.9 Å². The highest BCUT2D eigenvalue weighted by Gasteiger charge is 2.28. The molecule has 1 aromatic carbocycles. The van der Waals surface area contributed by atoms with Crippen LogP contribution in [0.4, 0.5) is 0 Å². The summed E-state index contributed by atoms with van der Waals surface area (Å²) in [7, 11) is 0. The van der Waals surface area contributed by atoms with Crippen molar-refractivity contribution < 1.29 is 4.74 Å². The van der Waals surface area contributed by atoms with Gasteiger partial charge in [-0.2, -0.15) is 12.6 Å². The maximum absolute atomic E-state index is 6.10. The second kappa shape index (κ2) is 7.29. The number of hydrogen-bond acceptors (Lipinski definition) is 2. The van der Waals surface area contributed by atoms with E-state index in [4.69, 9.17) is 4.74 Å². The molecule has 0 aromatic heterocycles. The van der Waals surface area contributed by atoms with Crippen LogP contribution in [-0.2, 0) is 10.8 Å². The lowest BCUT2D eigenvalue weighted by Crippen LogP contribution is -2.21. The Balaban J connectivity index is 3.61. The van der Waals surface area contributed by atoms with Gasteiger partial charge in [0.2, 0.25) is 0 Å². The lowest BCUT2D eigenvalue weighted by molar-refractivity contribution is 0.319. The first-order chi connectivity index (χ1) is 10.0. The SMILES string of the molecule is CCOc1c(C(C)(C)C)cc(C(C)CCS)cc1C(C)(C)C. The molecule has 1 rings (SSSR count). The molecule has 0 saturated carbocycles. The van der Waals surface area contributed by atoms with E-state index in [2.05, 4.69) is 80.2 Å². The zero-order chi connectivity index (χ0) is 17.1. The first-order valence-electron chi connectivity index (χ1n) is 8.45. The van der Waals surface area contributed by atoms with Crippen molar-refractivity contribution in [1.82, 2.24) is 0 Å². The molecule has 0 N–H and O–H groups in total. The molecule has 0 spiro atoms. The third-order valence-corrected chi connectivity index (χ3v) is 4.41. The minimum atomic E-state index is 0.0706. The van der Waals surface area contributed by atoms with E-state index in [-0.39, 0.29) is 10.8 Å². The van der Waals surface area contributed by atoms with Crippen LogP contribution in [0.3, 0.4) is 0 Å². The van der Waals surface area contributed by atoms with E-state index in [0.29, 0.717) is 12.5 Å². The van der Waals surface area contributed by atoms with Crippen LogP contribution in [-0.4, -0.2) is 12.4 Å². The summed E-state index contributed by atoms with van der Waals surface area (Å²) < 4.78 is 6.10. The normalized spacial score (nSPS) is 14.0. The highest BCUT2D eigenvalue weighted by atomic mass is 32.1. The number of thiol groups is 1. The summed E-state index contributed by atoms with van der Waals surface area (Å²) in [5.41, 5.74) is 4.19. The van der Waals surface area contributed by atoms with Crippen molar-refractivity contribution in [3.63, 3.8) is 0 Å². The van der Waals surface area contributed by atoms with Gasteiger partial charge < -0.3 is 4.74 Å². The Hall–Kier alpha value is -0.630.